The van der Waals surface area contributed by atoms with Crippen molar-refractivity contribution < 1.29 is 9.90 Å². The number of nitrogens with zero attached hydrogens (tertiary/aromatic N) is 1. The van der Waals surface area contributed by atoms with Crippen LogP contribution >= 0.6 is 0 Å². The van der Waals surface area contributed by atoms with Gasteiger partial charge in [-0.05, 0) is 12.8 Å². The van der Waals surface area contributed by atoms with Gasteiger partial charge >= 0.3 is 0 Å². The summed E-state index contributed by atoms with van der Waals surface area (Å²) in [4.78, 5) is 12.9. The molecular weight excluding hydrogens is 142 g/mol. The summed E-state index contributed by atoms with van der Waals surface area (Å²) < 4.78 is 0. The molecule has 0 aliphatic carbocycles. The molecule has 0 saturated carbocycles. The average molecular weight is 155 g/mol. The molecule has 11 heavy (non-hydrogen) atoms. The third-order valence-electron chi connectivity index (χ3n) is 1.78. The Balaban J connectivity index is 2.34. The van der Waals surface area contributed by atoms with E-state index in [0.717, 1.165) is 25.9 Å². The zero-order chi connectivity index (χ0) is 8.10. The Morgan fingerprint density at radius 3 is 2.64 bits per heavy atom. The highest BCUT2D eigenvalue weighted by Crippen LogP contribution is 2.07. The maximum absolute atomic E-state index is 11.1. The van der Waals surface area contributed by atoms with Gasteiger partial charge < -0.3 is 10.0 Å². The number of hydrogen-bond donors (Lipinski definition) is 1. The van der Waals surface area contributed by atoms with Gasteiger partial charge in [0.15, 0.2) is 0 Å². The van der Waals surface area contributed by atoms with E-state index in [1.165, 1.54) is 12.2 Å². The van der Waals surface area contributed by atoms with Crippen molar-refractivity contribution in [1.29, 1.82) is 0 Å². The fourth-order valence-electron chi connectivity index (χ4n) is 1.20. The van der Waals surface area contributed by atoms with Crippen molar-refractivity contribution in [2.24, 2.45) is 0 Å². The Kier molecular flexibility index (Phi) is 3.11. The number of likely N-dealkylation sites (tertiary alicyclic amines) is 1. The summed E-state index contributed by atoms with van der Waals surface area (Å²) in [7, 11) is 0. The molecule has 1 saturated heterocycles. The maximum Gasteiger partial charge on any atom is 0.246 e. The monoisotopic (exact) mass is 155 g/mol. The number of amides is 1. The number of aliphatic hydroxyl groups excluding tert-OH is 1. The van der Waals surface area contributed by atoms with Crippen molar-refractivity contribution in [3.05, 3.63) is 12.2 Å². The highest BCUT2D eigenvalue weighted by molar-refractivity contribution is 5.87. The molecule has 0 aromatic carbocycles. The van der Waals surface area contributed by atoms with Gasteiger partial charge in [0.1, 0.15) is 0 Å². The van der Waals surface area contributed by atoms with Gasteiger partial charge in [-0.15, -0.1) is 0 Å². The van der Waals surface area contributed by atoms with Gasteiger partial charge in [0, 0.05) is 19.2 Å². The van der Waals surface area contributed by atoms with E-state index < -0.39 is 0 Å². The number of aliphatic hydroxyl groups is 1. The summed E-state index contributed by atoms with van der Waals surface area (Å²) in [5, 5.41) is 8.40. The number of rotatable bonds is 2. The Labute approximate surface area is 66.3 Å². The molecular formula is C8H13NO2. The van der Waals surface area contributed by atoms with Crippen LogP contribution in [0.4, 0.5) is 0 Å². The van der Waals surface area contributed by atoms with Crippen LogP contribution in [0.2, 0.25) is 0 Å². The van der Waals surface area contributed by atoms with E-state index in [0.29, 0.717) is 0 Å². The lowest BCUT2D eigenvalue weighted by atomic mass is 10.4. The Morgan fingerprint density at radius 1 is 1.45 bits per heavy atom. The van der Waals surface area contributed by atoms with Crippen molar-refractivity contribution >= 4 is 5.91 Å². The standard InChI is InChI=1S/C8H13NO2/c10-7-3-4-8(11)9-5-1-2-6-9/h3-4,10H,1-2,5-7H2. The molecule has 1 rings (SSSR count). The first kappa shape index (κ1) is 8.27. The van der Waals surface area contributed by atoms with Crippen LogP contribution in [0.15, 0.2) is 12.2 Å². The SMILES string of the molecule is O=C(C=CCO)N1CCCC1. The van der Waals surface area contributed by atoms with Crippen LogP contribution in [0, 0.1) is 0 Å². The van der Waals surface area contributed by atoms with E-state index in [-0.39, 0.29) is 12.5 Å². The van der Waals surface area contributed by atoms with E-state index in [2.05, 4.69) is 0 Å². The first-order chi connectivity index (χ1) is 5.34. The molecule has 0 bridgehead atoms. The van der Waals surface area contributed by atoms with Gasteiger partial charge in [-0.25, -0.2) is 0 Å². The zero-order valence-corrected chi connectivity index (χ0v) is 6.49. The van der Waals surface area contributed by atoms with E-state index in [4.69, 9.17) is 5.11 Å². The van der Waals surface area contributed by atoms with Crippen LogP contribution in [0.1, 0.15) is 12.8 Å². The summed E-state index contributed by atoms with van der Waals surface area (Å²) in [5.41, 5.74) is 0. The molecule has 0 radical (unpaired) electrons. The normalized spacial score (nSPS) is 18.1. The smallest absolute Gasteiger partial charge is 0.246 e. The molecule has 0 spiro atoms. The summed E-state index contributed by atoms with van der Waals surface area (Å²) in [5.74, 6) is 0.0246. The molecule has 0 unspecified atom stereocenters. The third-order valence-corrected chi connectivity index (χ3v) is 1.78. The minimum Gasteiger partial charge on any atom is -0.392 e. The second kappa shape index (κ2) is 4.13. The average Bonchev–Trinajstić information content (AvgIpc) is 2.52. The molecule has 1 amide bonds. The zero-order valence-electron chi connectivity index (χ0n) is 6.49. The first-order valence-electron chi connectivity index (χ1n) is 3.91. The minimum atomic E-state index is -0.0560. The van der Waals surface area contributed by atoms with E-state index in [1.54, 1.807) is 4.90 Å². The van der Waals surface area contributed by atoms with Crippen molar-refractivity contribution in [2.45, 2.75) is 12.8 Å². The molecule has 1 N–H and O–H groups in total. The van der Waals surface area contributed by atoms with Gasteiger partial charge in [0.2, 0.25) is 5.91 Å². The highest BCUT2D eigenvalue weighted by Gasteiger charge is 2.14. The summed E-state index contributed by atoms with van der Waals surface area (Å²) >= 11 is 0. The lowest BCUT2D eigenvalue weighted by Gasteiger charge is -2.11. The highest BCUT2D eigenvalue weighted by atomic mass is 16.2. The number of carbonyl (C=O) groups is 1. The second-order valence-corrected chi connectivity index (χ2v) is 2.62. The Morgan fingerprint density at radius 2 is 2.09 bits per heavy atom. The Hall–Kier alpha value is -0.830. The molecule has 3 heteroatoms. The van der Waals surface area contributed by atoms with E-state index in [1.807, 2.05) is 0 Å². The Bertz CT molecular complexity index is 159. The van der Waals surface area contributed by atoms with Crippen molar-refractivity contribution in [2.75, 3.05) is 19.7 Å². The molecule has 1 heterocycles. The predicted octanol–water partition coefficient (Wildman–Crippen LogP) is 0.157. The summed E-state index contributed by atoms with van der Waals surface area (Å²) in [6, 6.07) is 0. The van der Waals surface area contributed by atoms with Crippen LogP contribution in [0.3, 0.4) is 0 Å². The van der Waals surface area contributed by atoms with Crippen molar-refractivity contribution in [3.63, 3.8) is 0 Å². The summed E-state index contributed by atoms with van der Waals surface area (Å²) in [6.45, 7) is 1.68. The topological polar surface area (TPSA) is 40.5 Å². The van der Waals surface area contributed by atoms with Gasteiger partial charge in [-0.3, -0.25) is 4.79 Å². The van der Waals surface area contributed by atoms with Gasteiger partial charge in [0.05, 0.1) is 6.61 Å². The van der Waals surface area contributed by atoms with Gasteiger partial charge in [-0.2, -0.15) is 0 Å². The van der Waals surface area contributed by atoms with Gasteiger partial charge in [0.25, 0.3) is 0 Å². The predicted molar refractivity (Wildman–Crippen MR) is 42.0 cm³/mol. The molecule has 1 aliphatic rings. The van der Waals surface area contributed by atoms with Crippen LogP contribution in [0.25, 0.3) is 0 Å². The molecule has 0 aromatic heterocycles. The van der Waals surface area contributed by atoms with E-state index >= 15 is 0 Å². The molecule has 1 aliphatic heterocycles. The van der Waals surface area contributed by atoms with E-state index in [9.17, 15) is 4.79 Å². The van der Waals surface area contributed by atoms with Crippen LogP contribution < -0.4 is 0 Å². The van der Waals surface area contributed by atoms with Crippen molar-refractivity contribution in [1.82, 2.24) is 4.90 Å². The largest absolute Gasteiger partial charge is 0.392 e. The first-order valence-corrected chi connectivity index (χ1v) is 3.91. The van der Waals surface area contributed by atoms with Gasteiger partial charge in [-0.1, -0.05) is 6.08 Å². The third kappa shape index (κ3) is 2.35. The molecule has 62 valence electrons. The summed E-state index contributed by atoms with van der Waals surface area (Å²) in [6.07, 6.45) is 5.13. The minimum absolute atomic E-state index is 0.0246. The van der Waals surface area contributed by atoms with Crippen LogP contribution in [-0.2, 0) is 4.79 Å². The quantitative estimate of drug-likeness (QED) is 0.577. The molecule has 0 atom stereocenters. The maximum atomic E-state index is 11.1. The van der Waals surface area contributed by atoms with Crippen molar-refractivity contribution in [3.8, 4) is 0 Å². The fraction of sp³-hybridized carbons (Fsp3) is 0.625. The number of carbonyl (C=O) groups excluding carboxylic acids is 1. The molecule has 1 fully saturated rings. The van der Waals surface area contributed by atoms with Crippen LogP contribution in [-0.4, -0.2) is 35.6 Å². The number of hydrogen-bond acceptors (Lipinski definition) is 2. The second-order valence-electron chi connectivity index (χ2n) is 2.62. The lowest BCUT2D eigenvalue weighted by Crippen LogP contribution is -2.25. The van der Waals surface area contributed by atoms with Crippen LogP contribution in [0.5, 0.6) is 0 Å². The lowest BCUT2D eigenvalue weighted by molar-refractivity contribution is -0.125. The molecule has 3 nitrogen and oxygen atoms in total. The fourth-order valence-corrected chi connectivity index (χ4v) is 1.20. The molecule has 0 aromatic rings.